The van der Waals surface area contributed by atoms with E-state index in [-0.39, 0.29) is 17.6 Å². The number of nitrogens with zero attached hydrogens (tertiary/aromatic N) is 2. The molecule has 1 aliphatic carbocycles. The maximum absolute atomic E-state index is 15.3. The van der Waals surface area contributed by atoms with Gasteiger partial charge in [0.2, 0.25) is 5.43 Å². The van der Waals surface area contributed by atoms with E-state index in [2.05, 4.69) is 5.32 Å². The Labute approximate surface area is 145 Å². The first-order chi connectivity index (χ1) is 12.4. The van der Waals surface area contributed by atoms with Crippen LogP contribution in [0.4, 0.5) is 18.9 Å². The number of benzene rings is 1. The van der Waals surface area contributed by atoms with E-state index in [4.69, 9.17) is 0 Å². The number of aromatic nitrogens is 1. The molecule has 0 amide bonds. The molecule has 138 valence electrons. The number of hydrogen-bond acceptors (Lipinski definition) is 4. The molecule has 1 aromatic heterocycles. The smallest absolute Gasteiger partial charge is 0.341 e. The van der Waals surface area contributed by atoms with Gasteiger partial charge in [0.1, 0.15) is 23.2 Å². The monoisotopic (exact) mass is 367 g/mol. The number of aromatic carboxylic acids is 1. The van der Waals surface area contributed by atoms with E-state index < -0.39 is 46.2 Å². The van der Waals surface area contributed by atoms with E-state index in [1.807, 2.05) is 0 Å². The zero-order chi connectivity index (χ0) is 18.6. The quantitative estimate of drug-likeness (QED) is 0.863. The summed E-state index contributed by atoms with van der Waals surface area (Å²) in [6.45, 7) is 1.87. The lowest BCUT2D eigenvalue weighted by Crippen LogP contribution is -2.44. The van der Waals surface area contributed by atoms with Crippen molar-refractivity contribution in [2.45, 2.75) is 18.6 Å². The second kappa shape index (κ2) is 6.01. The van der Waals surface area contributed by atoms with Crippen LogP contribution in [-0.4, -0.2) is 48.0 Å². The molecular weight excluding hydrogens is 351 g/mol. The van der Waals surface area contributed by atoms with Crippen molar-refractivity contribution in [3.8, 4) is 0 Å². The van der Waals surface area contributed by atoms with E-state index in [0.29, 0.717) is 26.2 Å². The molecule has 2 aromatic rings. The fraction of sp³-hybridized carbons (Fsp3) is 0.412. The Morgan fingerprint density at radius 3 is 2.50 bits per heavy atom. The fourth-order valence-electron chi connectivity index (χ4n) is 3.46. The molecule has 2 N–H and O–H groups in total. The summed E-state index contributed by atoms with van der Waals surface area (Å²) < 4.78 is 44.7. The summed E-state index contributed by atoms with van der Waals surface area (Å²) in [5.74, 6) is -3.42. The molecule has 1 saturated heterocycles. The highest BCUT2D eigenvalue weighted by atomic mass is 19.1. The molecular formula is C17H16F3N3O3. The second-order valence-corrected chi connectivity index (χ2v) is 6.56. The maximum Gasteiger partial charge on any atom is 0.341 e. The number of pyridine rings is 1. The number of rotatable bonds is 3. The van der Waals surface area contributed by atoms with Gasteiger partial charge in [0.25, 0.3) is 0 Å². The Morgan fingerprint density at radius 2 is 1.92 bits per heavy atom. The highest BCUT2D eigenvalue weighted by Crippen LogP contribution is 2.42. The Morgan fingerprint density at radius 1 is 1.27 bits per heavy atom. The van der Waals surface area contributed by atoms with E-state index in [9.17, 15) is 23.5 Å². The number of halogens is 3. The topological polar surface area (TPSA) is 74.6 Å². The minimum Gasteiger partial charge on any atom is -0.477 e. The van der Waals surface area contributed by atoms with Crippen LogP contribution in [0.25, 0.3) is 10.9 Å². The summed E-state index contributed by atoms with van der Waals surface area (Å²) in [4.78, 5) is 25.2. The van der Waals surface area contributed by atoms with Crippen molar-refractivity contribution in [1.82, 2.24) is 9.88 Å². The molecule has 0 spiro atoms. The molecule has 0 radical (unpaired) electrons. The minimum atomic E-state index is -1.52. The summed E-state index contributed by atoms with van der Waals surface area (Å²) in [6.07, 6.45) is -0.203. The lowest BCUT2D eigenvalue weighted by molar-refractivity contribution is 0.0694. The number of alkyl halides is 1. The van der Waals surface area contributed by atoms with Gasteiger partial charge in [-0.2, -0.15) is 0 Å². The fourth-order valence-corrected chi connectivity index (χ4v) is 3.46. The summed E-state index contributed by atoms with van der Waals surface area (Å²) in [5, 5.41) is 11.9. The minimum absolute atomic E-state index is 0.0941. The molecule has 26 heavy (non-hydrogen) atoms. The molecule has 1 saturated carbocycles. The number of carbonyl (C=O) groups is 1. The molecule has 0 bridgehead atoms. The van der Waals surface area contributed by atoms with Gasteiger partial charge in [-0.15, -0.1) is 0 Å². The third-order valence-electron chi connectivity index (χ3n) is 4.89. The number of piperazine rings is 1. The summed E-state index contributed by atoms with van der Waals surface area (Å²) in [7, 11) is 0. The summed E-state index contributed by atoms with van der Waals surface area (Å²) in [5.41, 5.74) is -2.14. The molecule has 2 heterocycles. The first-order valence-corrected chi connectivity index (χ1v) is 8.30. The van der Waals surface area contributed by atoms with Gasteiger partial charge in [0.05, 0.1) is 16.9 Å². The second-order valence-electron chi connectivity index (χ2n) is 6.56. The van der Waals surface area contributed by atoms with Gasteiger partial charge in [0, 0.05) is 38.8 Å². The number of fused-ring (bicyclic) bond motifs is 1. The molecule has 2 fully saturated rings. The Bertz CT molecular complexity index is 969. The lowest BCUT2D eigenvalue weighted by Gasteiger charge is -2.30. The van der Waals surface area contributed by atoms with Crippen LogP contribution in [0, 0.1) is 11.6 Å². The third-order valence-corrected chi connectivity index (χ3v) is 4.89. The maximum atomic E-state index is 15.3. The van der Waals surface area contributed by atoms with Crippen LogP contribution in [0.5, 0.6) is 0 Å². The molecule has 6 nitrogen and oxygen atoms in total. The predicted octanol–water partition coefficient (Wildman–Crippen LogP) is 1.67. The first kappa shape index (κ1) is 16.9. The van der Waals surface area contributed by atoms with Crippen molar-refractivity contribution in [2.75, 3.05) is 31.1 Å². The summed E-state index contributed by atoms with van der Waals surface area (Å²) in [6, 6.07) is 0.100. The van der Waals surface area contributed by atoms with Gasteiger partial charge in [0.15, 0.2) is 5.82 Å². The van der Waals surface area contributed by atoms with Crippen LogP contribution in [0.1, 0.15) is 22.8 Å². The molecule has 9 heteroatoms. The lowest BCUT2D eigenvalue weighted by atomic mass is 10.1. The number of carboxylic acids is 1. The number of carboxylic acid groups (broad SMARTS) is 1. The normalized spacial score (nSPS) is 22.7. The predicted molar refractivity (Wildman–Crippen MR) is 88.7 cm³/mol. The van der Waals surface area contributed by atoms with Gasteiger partial charge in [-0.25, -0.2) is 18.0 Å². The highest BCUT2D eigenvalue weighted by molar-refractivity contribution is 5.94. The van der Waals surface area contributed by atoms with Crippen molar-refractivity contribution in [1.29, 1.82) is 0 Å². The standard InChI is InChI=1S/C17H16F3N3O3/c18-10-6-12(10)23-7-9(17(25)26)16(24)8-5-11(19)15(13(20)14(8)23)22-3-1-21-2-4-22/h5,7,10,12,21H,1-4,6H2,(H,25,26)/t10-,12+/m0/s1. The molecule has 1 aromatic carbocycles. The number of nitrogens with one attached hydrogen (secondary N) is 1. The Kier molecular flexibility index (Phi) is 3.91. The molecule has 1 aliphatic heterocycles. The van der Waals surface area contributed by atoms with Crippen molar-refractivity contribution >= 4 is 22.6 Å². The van der Waals surface area contributed by atoms with E-state index >= 15 is 4.39 Å². The molecule has 4 rings (SSSR count). The average molecular weight is 367 g/mol. The third kappa shape index (κ3) is 2.54. The van der Waals surface area contributed by atoms with Crippen LogP contribution in [0.15, 0.2) is 17.1 Å². The number of anilines is 1. The average Bonchev–Trinajstić information content (AvgIpc) is 3.33. The van der Waals surface area contributed by atoms with Gasteiger partial charge in [-0.1, -0.05) is 0 Å². The Hall–Kier alpha value is -2.55. The summed E-state index contributed by atoms with van der Waals surface area (Å²) >= 11 is 0. The van der Waals surface area contributed by atoms with Crippen LogP contribution in [0.3, 0.4) is 0 Å². The van der Waals surface area contributed by atoms with Crippen molar-refractivity contribution in [3.63, 3.8) is 0 Å². The van der Waals surface area contributed by atoms with Crippen LogP contribution in [0.2, 0.25) is 0 Å². The largest absolute Gasteiger partial charge is 0.477 e. The van der Waals surface area contributed by atoms with Gasteiger partial charge < -0.3 is 19.9 Å². The highest BCUT2D eigenvalue weighted by Gasteiger charge is 2.41. The number of hydrogen-bond donors (Lipinski definition) is 2. The van der Waals surface area contributed by atoms with Gasteiger partial charge in [-0.3, -0.25) is 4.79 Å². The van der Waals surface area contributed by atoms with Gasteiger partial charge in [-0.05, 0) is 6.07 Å². The SMILES string of the molecule is O=C(O)c1cn([C@@H]2C[C@@H]2F)c2c(F)c(N3CCNCC3)c(F)cc2c1=O. The van der Waals surface area contributed by atoms with Crippen molar-refractivity contribution in [3.05, 3.63) is 39.7 Å². The zero-order valence-electron chi connectivity index (χ0n) is 13.6. The van der Waals surface area contributed by atoms with E-state index in [0.717, 1.165) is 16.8 Å². The van der Waals surface area contributed by atoms with E-state index in [1.54, 1.807) is 0 Å². The Balaban J connectivity index is 2.02. The van der Waals surface area contributed by atoms with E-state index in [1.165, 1.54) is 4.90 Å². The van der Waals surface area contributed by atoms with Crippen molar-refractivity contribution < 1.29 is 23.1 Å². The first-order valence-electron chi connectivity index (χ1n) is 8.30. The van der Waals surface area contributed by atoms with Gasteiger partial charge >= 0.3 is 5.97 Å². The molecule has 0 unspecified atom stereocenters. The van der Waals surface area contributed by atoms with Crippen molar-refractivity contribution in [2.24, 2.45) is 0 Å². The van der Waals surface area contributed by atoms with Crippen LogP contribution < -0.4 is 15.6 Å². The zero-order valence-corrected chi connectivity index (χ0v) is 13.6. The molecule has 2 atom stereocenters. The van der Waals surface area contributed by atoms with Crippen LogP contribution >= 0.6 is 0 Å². The van der Waals surface area contributed by atoms with Crippen LogP contribution in [-0.2, 0) is 0 Å². The molecule has 2 aliphatic rings.